The second-order valence-electron chi connectivity index (χ2n) is 15.1. The summed E-state index contributed by atoms with van der Waals surface area (Å²) in [6.45, 7) is -0.736. The highest BCUT2D eigenvalue weighted by Crippen LogP contribution is 2.47. The SMILES string of the molecule is NC(=O)CN1C(=O)C(NC(=O)C2CC(=O)NC(=O)N2)C(c2ccccc2)Sc2ccccc21.NC(=O)CN1C(=O)C(NC(=O)C2CC(=O)NC(=O)N2)C(c2ccccc2)Sc2ccccc21.O. The van der Waals surface area contributed by atoms with E-state index in [1.165, 1.54) is 33.3 Å². The van der Waals surface area contributed by atoms with Gasteiger partial charge in [0.2, 0.25) is 35.4 Å². The van der Waals surface area contributed by atoms with Gasteiger partial charge in [-0.3, -0.25) is 49.0 Å². The summed E-state index contributed by atoms with van der Waals surface area (Å²) < 4.78 is 0. The maximum absolute atomic E-state index is 13.7. The molecule has 23 heteroatoms. The highest BCUT2D eigenvalue weighted by molar-refractivity contribution is 8.00. The molecule has 67 heavy (non-hydrogen) atoms. The van der Waals surface area contributed by atoms with Crippen molar-refractivity contribution in [2.75, 3.05) is 22.9 Å². The van der Waals surface area contributed by atoms with E-state index in [0.717, 1.165) is 20.9 Å². The number of nitrogens with zero attached hydrogens (tertiary/aromatic N) is 2. The predicted octanol–water partition coefficient (Wildman–Crippen LogP) is 0.0449. The molecule has 4 aromatic rings. The molecule has 0 radical (unpaired) electrons. The third kappa shape index (κ3) is 11.6. The first kappa shape index (κ1) is 48.7. The van der Waals surface area contributed by atoms with Gasteiger partial charge in [-0.1, -0.05) is 84.9 Å². The van der Waals surface area contributed by atoms with Crippen LogP contribution >= 0.6 is 23.5 Å². The van der Waals surface area contributed by atoms with Crippen LogP contribution in [0.2, 0.25) is 0 Å². The number of nitrogens with one attached hydrogen (secondary N) is 6. The number of hydrogen-bond donors (Lipinski definition) is 8. The lowest BCUT2D eigenvalue weighted by atomic mass is 10.0. The fourth-order valence-corrected chi connectivity index (χ4v) is 10.2. The molecule has 21 nitrogen and oxygen atoms in total. The fraction of sp³-hybridized carbons (Fsp3) is 0.227. The molecule has 6 unspecified atom stereocenters. The average molecular weight is 953 g/mol. The molecule has 6 atom stereocenters. The molecule has 4 aliphatic rings. The average Bonchev–Trinajstić information content (AvgIpc) is 3.47. The summed E-state index contributed by atoms with van der Waals surface area (Å²) >= 11 is 2.73. The monoisotopic (exact) mass is 952 g/mol. The van der Waals surface area contributed by atoms with E-state index in [9.17, 15) is 47.9 Å². The summed E-state index contributed by atoms with van der Waals surface area (Å²) in [6, 6.07) is 26.5. The van der Waals surface area contributed by atoms with E-state index in [0.29, 0.717) is 11.4 Å². The molecule has 0 saturated carbocycles. The normalized spacial score (nSPS) is 22.1. The first-order valence-corrected chi connectivity index (χ1v) is 22.0. The lowest BCUT2D eigenvalue weighted by Gasteiger charge is -2.30. The second-order valence-corrected chi connectivity index (χ2v) is 17.5. The van der Waals surface area contributed by atoms with Gasteiger partial charge < -0.3 is 48.0 Å². The number of anilines is 2. The Bertz CT molecular complexity index is 2400. The number of amides is 12. The molecule has 0 aliphatic carbocycles. The number of imide groups is 2. The van der Waals surface area contributed by atoms with Crippen molar-refractivity contribution in [1.29, 1.82) is 0 Å². The first-order valence-electron chi connectivity index (χ1n) is 20.3. The Morgan fingerprint density at radius 1 is 0.537 bits per heavy atom. The zero-order valence-corrected chi connectivity index (χ0v) is 36.8. The van der Waals surface area contributed by atoms with Gasteiger partial charge in [0.1, 0.15) is 37.3 Å². The molecular formula is C44H44N10O11S2. The zero-order valence-electron chi connectivity index (χ0n) is 35.1. The molecule has 2 fully saturated rings. The van der Waals surface area contributed by atoms with Gasteiger partial charge in [0, 0.05) is 9.79 Å². The number of primary amides is 2. The molecule has 12 amide bonds. The molecule has 4 heterocycles. The molecule has 12 N–H and O–H groups in total. The van der Waals surface area contributed by atoms with Gasteiger partial charge >= 0.3 is 12.1 Å². The van der Waals surface area contributed by atoms with Crippen LogP contribution in [0.15, 0.2) is 119 Å². The minimum atomic E-state index is -1.13. The Hall–Kier alpha value is -7.76. The van der Waals surface area contributed by atoms with Crippen molar-refractivity contribution in [3.05, 3.63) is 120 Å². The summed E-state index contributed by atoms with van der Waals surface area (Å²) in [7, 11) is 0. The molecule has 2 saturated heterocycles. The second kappa shape index (κ2) is 21.5. The van der Waals surface area contributed by atoms with E-state index in [1.807, 2.05) is 84.9 Å². The number of carbonyl (C=O) groups is 10. The molecule has 348 valence electrons. The van der Waals surface area contributed by atoms with Crippen LogP contribution in [0.5, 0.6) is 0 Å². The van der Waals surface area contributed by atoms with Gasteiger partial charge in [0.15, 0.2) is 0 Å². The van der Waals surface area contributed by atoms with E-state index in [1.54, 1.807) is 24.3 Å². The Morgan fingerprint density at radius 2 is 0.881 bits per heavy atom. The molecule has 0 spiro atoms. The first-order chi connectivity index (χ1) is 31.7. The van der Waals surface area contributed by atoms with Crippen LogP contribution < -0.4 is 53.2 Å². The van der Waals surface area contributed by atoms with Gasteiger partial charge in [0.25, 0.3) is 11.8 Å². The molecule has 8 rings (SSSR count). The fourth-order valence-electron chi connectivity index (χ4n) is 7.56. The van der Waals surface area contributed by atoms with Crippen LogP contribution in [-0.4, -0.2) is 102 Å². The van der Waals surface area contributed by atoms with Gasteiger partial charge in [-0.25, -0.2) is 9.59 Å². The van der Waals surface area contributed by atoms with Crippen LogP contribution in [-0.2, 0) is 38.4 Å². The van der Waals surface area contributed by atoms with E-state index >= 15 is 0 Å². The smallest absolute Gasteiger partial charge is 0.322 e. The molecular weight excluding hydrogens is 909 g/mol. The number of urea groups is 2. The lowest BCUT2D eigenvalue weighted by molar-refractivity contribution is -0.131. The van der Waals surface area contributed by atoms with Crippen LogP contribution in [0.1, 0.15) is 34.5 Å². The van der Waals surface area contributed by atoms with Gasteiger partial charge in [-0.15, -0.1) is 23.5 Å². The van der Waals surface area contributed by atoms with Crippen molar-refractivity contribution in [1.82, 2.24) is 31.9 Å². The van der Waals surface area contributed by atoms with Crippen molar-refractivity contribution in [2.45, 2.75) is 57.3 Å². The Labute approximate surface area is 390 Å². The maximum Gasteiger partial charge on any atom is 0.322 e. The third-order valence-corrected chi connectivity index (χ3v) is 13.3. The van der Waals surface area contributed by atoms with E-state index < -0.39 is 94.0 Å². The molecule has 0 bridgehead atoms. The summed E-state index contributed by atoms with van der Waals surface area (Å²) in [5, 5.41) is 13.2. The van der Waals surface area contributed by atoms with Crippen molar-refractivity contribution in [3.8, 4) is 0 Å². The Balaban J connectivity index is 0.000000218. The minimum Gasteiger partial charge on any atom is -0.412 e. The number of rotatable bonds is 10. The van der Waals surface area contributed by atoms with Gasteiger partial charge in [-0.05, 0) is 35.4 Å². The van der Waals surface area contributed by atoms with Crippen LogP contribution in [0.25, 0.3) is 0 Å². The summed E-state index contributed by atoms with van der Waals surface area (Å²) in [4.78, 5) is 128. The van der Waals surface area contributed by atoms with Crippen molar-refractivity contribution >= 4 is 94.2 Å². The van der Waals surface area contributed by atoms with Gasteiger partial charge in [0.05, 0.1) is 34.7 Å². The number of benzene rings is 4. The number of para-hydroxylation sites is 2. The zero-order chi connectivity index (χ0) is 47.1. The van der Waals surface area contributed by atoms with Crippen LogP contribution in [0.3, 0.4) is 0 Å². The maximum atomic E-state index is 13.7. The van der Waals surface area contributed by atoms with Crippen molar-refractivity contribution < 1.29 is 53.4 Å². The highest BCUT2D eigenvalue weighted by atomic mass is 32.2. The summed E-state index contributed by atoms with van der Waals surface area (Å²) in [5.41, 5.74) is 13.4. The lowest BCUT2D eigenvalue weighted by Crippen LogP contribution is -2.61. The van der Waals surface area contributed by atoms with Crippen LogP contribution in [0.4, 0.5) is 21.0 Å². The Kier molecular flexibility index (Phi) is 15.6. The number of carbonyl (C=O) groups excluding carboxylic acids is 10. The van der Waals surface area contributed by atoms with E-state index in [-0.39, 0.29) is 31.4 Å². The standard InChI is InChI=1S/2C22H21N5O5S.H2O/c2*23-16(28)11-27-14-8-4-5-9-15(14)33-19(12-6-2-1-3-7-12)18(21(27)31)26-20(30)13-10-17(29)25-22(32)24-13;/h2*1-9,13,18-19H,10-11H2,(H2,23,28)(H,26,30)(H2,24,25,29,32);1H2. The summed E-state index contributed by atoms with van der Waals surface area (Å²) in [5.74, 6) is -5.01. The molecule has 4 aliphatic heterocycles. The number of nitrogens with two attached hydrogens (primary N) is 2. The number of thioether (sulfide) groups is 2. The Morgan fingerprint density at radius 3 is 1.22 bits per heavy atom. The highest BCUT2D eigenvalue weighted by Gasteiger charge is 2.43. The molecule has 4 aromatic carbocycles. The van der Waals surface area contributed by atoms with Crippen molar-refractivity contribution in [2.24, 2.45) is 11.5 Å². The largest absolute Gasteiger partial charge is 0.412 e. The summed E-state index contributed by atoms with van der Waals surface area (Å²) in [6.07, 6.45) is -0.514. The third-order valence-electron chi connectivity index (χ3n) is 10.5. The topological polar surface area (TPSA) is 333 Å². The van der Waals surface area contributed by atoms with Crippen LogP contribution in [0, 0.1) is 0 Å². The van der Waals surface area contributed by atoms with Gasteiger partial charge in [-0.2, -0.15) is 0 Å². The quantitative estimate of drug-likeness (QED) is 0.105. The van der Waals surface area contributed by atoms with Crippen molar-refractivity contribution in [3.63, 3.8) is 0 Å². The van der Waals surface area contributed by atoms with E-state index in [2.05, 4.69) is 31.9 Å². The number of fused-ring (bicyclic) bond motifs is 2. The molecule has 0 aromatic heterocycles. The minimum absolute atomic E-state index is 0. The predicted molar refractivity (Wildman–Crippen MR) is 244 cm³/mol. The number of hydrogen-bond acceptors (Lipinski definition) is 12. The van der Waals surface area contributed by atoms with E-state index in [4.69, 9.17) is 11.5 Å².